The SMILES string of the molecule is CC(=O)c1ccc(NC(=O)Cn2nc(C)c3cnn(-c4cccc(Cl)c4)c3c2=O)cc1. The molecule has 1 amide bonds. The van der Waals surface area contributed by atoms with Crippen LogP contribution >= 0.6 is 11.6 Å². The van der Waals surface area contributed by atoms with Crippen LogP contribution in [0.2, 0.25) is 5.02 Å². The highest BCUT2D eigenvalue weighted by atomic mass is 35.5. The van der Waals surface area contributed by atoms with E-state index in [2.05, 4.69) is 15.5 Å². The van der Waals surface area contributed by atoms with Gasteiger partial charge in [0.2, 0.25) is 5.91 Å². The van der Waals surface area contributed by atoms with E-state index >= 15 is 0 Å². The number of aryl methyl sites for hydroxylation is 1. The van der Waals surface area contributed by atoms with E-state index in [1.807, 2.05) is 0 Å². The van der Waals surface area contributed by atoms with Crippen molar-refractivity contribution in [2.45, 2.75) is 20.4 Å². The second kappa shape index (κ2) is 8.16. The van der Waals surface area contributed by atoms with E-state index < -0.39 is 11.5 Å². The molecule has 4 aromatic rings. The summed E-state index contributed by atoms with van der Waals surface area (Å²) in [6, 6.07) is 13.5. The summed E-state index contributed by atoms with van der Waals surface area (Å²) in [6.07, 6.45) is 1.57. The Balaban J connectivity index is 1.65. The minimum atomic E-state index is -0.444. The van der Waals surface area contributed by atoms with E-state index in [-0.39, 0.29) is 12.3 Å². The van der Waals surface area contributed by atoms with Crippen molar-refractivity contribution in [3.05, 3.63) is 81.4 Å². The number of anilines is 1. The predicted octanol–water partition coefficient (Wildman–Crippen LogP) is 3.39. The zero-order valence-electron chi connectivity index (χ0n) is 16.8. The van der Waals surface area contributed by atoms with Crippen LogP contribution in [0.1, 0.15) is 23.0 Å². The molecule has 8 nitrogen and oxygen atoms in total. The summed E-state index contributed by atoms with van der Waals surface area (Å²) < 4.78 is 2.60. The van der Waals surface area contributed by atoms with Crippen LogP contribution in [0.5, 0.6) is 0 Å². The van der Waals surface area contributed by atoms with Gasteiger partial charge in [-0.3, -0.25) is 14.4 Å². The van der Waals surface area contributed by atoms with Gasteiger partial charge in [-0.25, -0.2) is 9.36 Å². The standard InChI is InChI=1S/C22H18ClN5O3/c1-13-19-11-24-28(18-5-3-4-16(23)10-18)21(19)22(31)27(26-13)12-20(30)25-17-8-6-15(7-9-17)14(2)29/h3-11H,12H2,1-2H3,(H,25,30). The number of halogens is 1. The molecule has 2 aromatic carbocycles. The van der Waals surface area contributed by atoms with Crippen molar-refractivity contribution >= 4 is 39.9 Å². The number of carbonyl (C=O) groups is 2. The quantitative estimate of drug-likeness (QED) is 0.484. The van der Waals surface area contributed by atoms with Gasteiger partial charge in [-0.05, 0) is 56.3 Å². The summed E-state index contributed by atoms with van der Waals surface area (Å²) in [7, 11) is 0. The molecule has 9 heteroatoms. The Hall–Kier alpha value is -3.78. The van der Waals surface area contributed by atoms with Gasteiger partial charge in [0.15, 0.2) is 5.78 Å². The van der Waals surface area contributed by atoms with Gasteiger partial charge in [0.1, 0.15) is 12.1 Å². The molecule has 0 aliphatic heterocycles. The Bertz CT molecular complexity index is 1370. The van der Waals surface area contributed by atoms with Crippen LogP contribution in [-0.2, 0) is 11.3 Å². The first-order valence-electron chi connectivity index (χ1n) is 9.46. The number of nitrogens with zero attached hydrogens (tertiary/aromatic N) is 4. The van der Waals surface area contributed by atoms with Gasteiger partial charge < -0.3 is 5.32 Å². The van der Waals surface area contributed by atoms with Gasteiger partial charge in [-0.1, -0.05) is 17.7 Å². The lowest BCUT2D eigenvalue weighted by Gasteiger charge is -2.10. The average Bonchev–Trinajstić information content (AvgIpc) is 3.18. The molecule has 1 N–H and O–H groups in total. The molecule has 0 saturated heterocycles. The third-order valence-electron chi connectivity index (χ3n) is 4.79. The predicted molar refractivity (Wildman–Crippen MR) is 118 cm³/mol. The monoisotopic (exact) mass is 435 g/mol. The van der Waals surface area contributed by atoms with E-state index in [0.717, 1.165) is 4.68 Å². The minimum absolute atomic E-state index is 0.0614. The van der Waals surface area contributed by atoms with Crippen molar-refractivity contribution in [1.82, 2.24) is 19.6 Å². The maximum atomic E-state index is 13.1. The molecule has 156 valence electrons. The first-order chi connectivity index (χ1) is 14.8. The lowest BCUT2D eigenvalue weighted by Crippen LogP contribution is -2.31. The molecule has 0 spiro atoms. The van der Waals surface area contributed by atoms with Crippen LogP contribution < -0.4 is 10.9 Å². The molecule has 31 heavy (non-hydrogen) atoms. The molecule has 0 radical (unpaired) electrons. The third kappa shape index (κ3) is 4.10. The van der Waals surface area contributed by atoms with Gasteiger partial charge in [0.25, 0.3) is 5.56 Å². The van der Waals surface area contributed by atoms with Crippen LogP contribution in [0.3, 0.4) is 0 Å². The Morgan fingerprint density at radius 3 is 2.55 bits per heavy atom. The summed E-state index contributed by atoms with van der Waals surface area (Å²) in [5.74, 6) is -0.480. The highest BCUT2D eigenvalue weighted by Crippen LogP contribution is 2.19. The summed E-state index contributed by atoms with van der Waals surface area (Å²) in [4.78, 5) is 37.0. The molecular weight excluding hydrogens is 418 g/mol. The lowest BCUT2D eigenvalue weighted by atomic mass is 10.1. The summed E-state index contributed by atoms with van der Waals surface area (Å²) in [5.41, 5.74) is 2.14. The van der Waals surface area contributed by atoms with Crippen LogP contribution in [0, 0.1) is 6.92 Å². The number of Topliss-reactive ketones (excluding diaryl/α,β-unsaturated/α-hetero) is 1. The van der Waals surface area contributed by atoms with Gasteiger partial charge >= 0.3 is 0 Å². The molecule has 0 saturated carbocycles. The number of amides is 1. The molecule has 2 heterocycles. The Morgan fingerprint density at radius 1 is 1.13 bits per heavy atom. The molecule has 0 aliphatic rings. The molecule has 0 bridgehead atoms. The van der Waals surface area contributed by atoms with E-state index in [1.54, 1.807) is 61.7 Å². The van der Waals surface area contributed by atoms with Gasteiger partial charge in [-0.2, -0.15) is 10.2 Å². The summed E-state index contributed by atoms with van der Waals surface area (Å²) in [5, 5.41) is 12.4. The van der Waals surface area contributed by atoms with Crippen molar-refractivity contribution in [3.63, 3.8) is 0 Å². The van der Waals surface area contributed by atoms with Crippen LogP contribution in [-0.4, -0.2) is 31.3 Å². The largest absolute Gasteiger partial charge is 0.324 e. The van der Waals surface area contributed by atoms with Gasteiger partial charge in [0.05, 0.1) is 17.6 Å². The molecule has 0 atom stereocenters. The zero-order valence-corrected chi connectivity index (χ0v) is 17.6. The summed E-state index contributed by atoms with van der Waals surface area (Å²) >= 11 is 6.08. The minimum Gasteiger partial charge on any atom is -0.324 e. The van der Waals surface area contributed by atoms with Crippen molar-refractivity contribution in [3.8, 4) is 5.69 Å². The maximum Gasteiger partial charge on any atom is 0.293 e. The molecule has 0 aliphatic carbocycles. The number of hydrogen-bond donors (Lipinski definition) is 1. The van der Waals surface area contributed by atoms with Crippen molar-refractivity contribution in [2.24, 2.45) is 0 Å². The topological polar surface area (TPSA) is 98.9 Å². The average molecular weight is 436 g/mol. The number of benzene rings is 2. The van der Waals surface area contributed by atoms with Gasteiger partial charge in [0, 0.05) is 21.7 Å². The Kier molecular flexibility index (Phi) is 5.39. The number of hydrogen-bond acceptors (Lipinski definition) is 5. The Morgan fingerprint density at radius 2 is 1.87 bits per heavy atom. The fourth-order valence-corrected chi connectivity index (χ4v) is 3.44. The highest BCUT2D eigenvalue weighted by Gasteiger charge is 2.17. The van der Waals surface area contributed by atoms with Crippen LogP contribution in [0.25, 0.3) is 16.6 Å². The number of rotatable bonds is 5. The second-order valence-corrected chi connectivity index (χ2v) is 7.46. The molecule has 2 aromatic heterocycles. The highest BCUT2D eigenvalue weighted by molar-refractivity contribution is 6.30. The molecule has 0 unspecified atom stereocenters. The maximum absolute atomic E-state index is 13.1. The van der Waals surface area contributed by atoms with Crippen molar-refractivity contribution in [2.75, 3.05) is 5.32 Å². The fraction of sp³-hybridized carbons (Fsp3) is 0.136. The molecular formula is C22H18ClN5O3. The number of nitrogens with one attached hydrogen (secondary N) is 1. The van der Waals surface area contributed by atoms with E-state index in [0.29, 0.717) is 38.6 Å². The third-order valence-corrected chi connectivity index (χ3v) is 5.02. The smallest absolute Gasteiger partial charge is 0.293 e. The van der Waals surface area contributed by atoms with Crippen molar-refractivity contribution in [1.29, 1.82) is 0 Å². The first kappa shape index (κ1) is 20.5. The van der Waals surface area contributed by atoms with E-state index in [4.69, 9.17) is 11.6 Å². The zero-order chi connectivity index (χ0) is 22.1. The van der Waals surface area contributed by atoms with Crippen molar-refractivity contribution < 1.29 is 9.59 Å². The number of aromatic nitrogens is 4. The molecule has 4 rings (SSSR count). The summed E-state index contributed by atoms with van der Waals surface area (Å²) in [6.45, 7) is 2.95. The normalized spacial score (nSPS) is 10.9. The molecule has 0 fully saturated rings. The number of ketones is 1. The van der Waals surface area contributed by atoms with Crippen LogP contribution in [0.4, 0.5) is 5.69 Å². The Labute approximate surface area is 182 Å². The second-order valence-electron chi connectivity index (χ2n) is 7.03. The van der Waals surface area contributed by atoms with E-state index in [1.165, 1.54) is 11.6 Å². The lowest BCUT2D eigenvalue weighted by molar-refractivity contribution is -0.117. The number of fused-ring (bicyclic) bond motifs is 1. The first-order valence-corrected chi connectivity index (χ1v) is 9.83. The van der Waals surface area contributed by atoms with E-state index in [9.17, 15) is 14.4 Å². The number of carbonyl (C=O) groups excluding carboxylic acids is 2. The fourth-order valence-electron chi connectivity index (χ4n) is 3.26. The van der Waals surface area contributed by atoms with Crippen LogP contribution in [0.15, 0.2) is 59.5 Å². The van der Waals surface area contributed by atoms with Gasteiger partial charge in [-0.15, -0.1) is 0 Å².